The number of hydrogen-bond acceptors (Lipinski definition) is 3. The van der Waals surface area contributed by atoms with E-state index in [1.54, 1.807) is 0 Å². The Bertz CT molecular complexity index is 511. The van der Waals surface area contributed by atoms with Gasteiger partial charge in [-0.05, 0) is 30.4 Å². The minimum absolute atomic E-state index is 0.00548. The summed E-state index contributed by atoms with van der Waals surface area (Å²) in [5, 5.41) is 0. The van der Waals surface area contributed by atoms with Gasteiger partial charge in [0.05, 0.1) is 13.2 Å². The van der Waals surface area contributed by atoms with E-state index in [0.29, 0.717) is 32.7 Å². The van der Waals surface area contributed by atoms with Gasteiger partial charge in [0.25, 0.3) is 0 Å². The van der Waals surface area contributed by atoms with E-state index in [-0.39, 0.29) is 17.4 Å². The lowest BCUT2D eigenvalue weighted by Gasteiger charge is -2.39. The summed E-state index contributed by atoms with van der Waals surface area (Å²) in [7, 11) is 0. The molecular formula is C19H28N2O2. The fourth-order valence-corrected chi connectivity index (χ4v) is 3.93. The highest BCUT2D eigenvalue weighted by atomic mass is 16.5. The van der Waals surface area contributed by atoms with E-state index < -0.39 is 0 Å². The summed E-state index contributed by atoms with van der Waals surface area (Å²) in [6.45, 7) is 2.60. The fraction of sp³-hybridized carbons (Fsp3) is 0.632. The van der Waals surface area contributed by atoms with Crippen LogP contribution in [0, 0.1) is 5.41 Å². The fourth-order valence-electron chi connectivity index (χ4n) is 3.93. The van der Waals surface area contributed by atoms with Crippen LogP contribution >= 0.6 is 0 Å². The molecule has 1 aliphatic carbocycles. The maximum atomic E-state index is 12.8. The summed E-state index contributed by atoms with van der Waals surface area (Å²) in [6.07, 6.45) is 6.49. The van der Waals surface area contributed by atoms with Crippen molar-refractivity contribution in [1.29, 1.82) is 0 Å². The number of rotatable bonds is 4. The molecule has 0 aromatic heterocycles. The van der Waals surface area contributed by atoms with Crippen LogP contribution in [0.5, 0.6) is 0 Å². The van der Waals surface area contributed by atoms with E-state index in [4.69, 9.17) is 10.5 Å². The van der Waals surface area contributed by atoms with Crippen molar-refractivity contribution >= 4 is 5.91 Å². The molecule has 1 aliphatic heterocycles. The van der Waals surface area contributed by atoms with Gasteiger partial charge in [-0.25, -0.2) is 0 Å². The molecule has 1 amide bonds. The van der Waals surface area contributed by atoms with Crippen LogP contribution < -0.4 is 5.73 Å². The Morgan fingerprint density at radius 1 is 1.22 bits per heavy atom. The predicted molar refractivity (Wildman–Crippen MR) is 90.9 cm³/mol. The largest absolute Gasteiger partial charge is 0.370 e. The zero-order chi connectivity index (χ0) is 16.1. The standard InChI is InChI=1S/C19H28N2O2/c20-15-19(9-5-2-6-10-19)13-18(22)21-11-12-23-17(14-21)16-7-3-1-4-8-16/h1,3-4,7-8,17H,2,5-6,9-15,20H2. The van der Waals surface area contributed by atoms with Gasteiger partial charge in [0.1, 0.15) is 6.10 Å². The van der Waals surface area contributed by atoms with Crippen LogP contribution in [0.3, 0.4) is 0 Å². The third-order valence-corrected chi connectivity index (χ3v) is 5.46. The number of benzene rings is 1. The molecule has 1 unspecified atom stereocenters. The highest BCUT2D eigenvalue weighted by molar-refractivity contribution is 5.77. The molecule has 1 atom stereocenters. The van der Waals surface area contributed by atoms with E-state index >= 15 is 0 Å². The second-order valence-corrected chi connectivity index (χ2v) is 7.05. The van der Waals surface area contributed by atoms with Crippen molar-refractivity contribution in [2.75, 3.05) is 26.2 Å². The SMILES string of the molecule is NCC1(CC(=O)N2CCOC(c3ccccc3)C2)CCCCC1. The first-order valence-corrected chi connectivity index (χ1v) is 8.87. The summed E-state index contributed by atoms with van der Waals surface area (Å²) in [5.41, 5.74) is 7.23. The topological polar surface area (TPSA) is 55.6 Å². The molecule has 2 aliphatic rings. The quantitative estimate of drug-likeness (QED) is 0.929. The summed E-state index contributed by atoms with van der Waals surface area (Å²) in [5.74, 6) is 0.251. The van der Waals surface area contributed by atoms with Gasteiger partial charge in [-0.15, -0.1) is 0 Å². The minimum Gasteiger partial charge on any atom is -0.370 e. The van der Waals surface area contributed by atoms with Crippen molar-refractivity contribution in [1.82, 2.24) is 4.90 Å². The molecule has 0 bridgehead atoms. The van der Waals surface area contributed by atoms with E-state index in [1.807, 2.05) is 23.1 Å². The van der Waals surface area contributed by atoms with Gasteiger partial charge in [-0.2, -0.15) is 0 Å². The summed E-state index contributed by atoms with van der Waals surface area (Å²) in [6, 6.07) is 10.2. The maximum absolute atomic E-state index is 12.8. The lowest BCUT2D eigenvalue weighted by Crippen LogP contribution is -2.45. The molecule has 4 nitrogen and oxygen atoms in total. The number of morpholine rings is 1. The predicted octanol–water partition coefficient (Wildman–Crippen LogP) is 2.89. The molecule has 1 heterocycles. The normalized spacial score (nSPS) is 24.4. The van der Waals surface area contributed by atoms with Gasteiger partial charge >= 0.3 is 0 Å². The Morgan fingerprint density at radius 3 is 2.65 bits per heavy atom. The Balaban J connectivity index is 1.63. The average Bonchev–Trinajstić information content (AvgIpc) is 2.63. The van der Waals surface area contributed by atoms with Crippen LogP contribution in [-0.4, -0.2) is 37.0 Å². The molecule has 0 radical (unpaired) electrons. The van der Waals surface area contributed by atoms with Crippen LogP contribution in [0.1, 0.15) is 50.2 Å². The van der Waals surface area contributed by atoms with Gasteiger partial charge in [0.2, 0.25) is 5.91 Å². The second kappa shape index (κ2) is 7.45. The van der Waals surface area contributed by atoms with Crippen molar-refractivity contribution in [3.63, 3.8) is 0 Å². The first-order valence-electron chi connectivity index (χ1n) is 8.87. The molecule has 1 aromatic carbocycles. The first-order chi connectivity index (χ1) is 11.2. The van der Waals surface area contributed by atoms with E-state index in [2.05, 4.69) is 12.1 Å². The van der Waals surface area contributed by atoms with Crippen LogP contribution in [0.2, 0.25) is 0 Å². The maximum Gasteiger partial charge on any atom is 0.223 e. The third kappa shape index (κ3) is 3.93. The molecule has 23 heavy (non-hydrogen) atoms. The molecule has 126 valence electrons. The minimum atomic E-state index is -0.00548. The van der Waals surface area contributed by atoms with Crippen LogP contribution in [0.15, 0.2) is 30.3 Å². The Kier molecular flexibility index (Phi) is 5.34. The number of nitrogens with two attached hydrogens (primary N) is 1. The van der Waals surface area contributed by atoms with Crippen molar-refractivity contribution in [3.05, 3.63) is 35.9 Å². The number of ether oxygens (including phenoxy) is 1. The molecule has 1 saturated heterocycles. The Labute approximate surface area is 139 Å². The van der Waals surface area contributed by atoms with Crippen molar-refractivity contribution in [3.8, 4) is 0 Å². The molecule has 0 spiro atoms. The van der Waals surface area contributed by atoms with E-state index in [0.717, 1.165) is 18.4 Å². The zero-order valence-electron chi connectivity index (χ0n) is 13.9. The van der Waals surface area contributed by atoms with Crippen LogP contribution in [0.4, 0.5) is 0 Å². The second-order valence-electron chi connectivity index (χ2n) is 7.05. The summed E-state index contributed by atoms with van der Waals surface area (Å²) >= 11 is 0. The highest BCUT2D eigenvalue weighted by Crippen LogP contribution is 2.39. The molecule has 2 fully saturated rings. The summed E-state index contributed by atoms with van der Waals surface area (Å²) < 4.78 is 5.87. The smallest absolute Gasteiger partial charge is 0.223 e. The van der Waals surface area contributed by atoms with Crippen LogP contribution in [-0.2, 0) is 9.53 Å². The third-order valence-electron chi connectivity index (χ3n) is 5.46. The molecule has 3 rings (SSSR count). The van der Waals surface area contributed by atoms with Crippen molar-refractivity contribution < 1.29 is 9.53 Å². The molecule has 4 heteroatoms. The highest BCUT2D eigenvalue weighted by Gasteiger charge is 2.35. The number of nitrogens with zero attached hydrogens (tertiary/aromatic N) is 1. The lowest BCUT2D eigenvalue weighted by atomic mass is 9.71. The monoisotopic (exact) mass is 316 g/mol. The number of amides is 1. The summed E-state index contributed by atoms with van der Waals surface area (Å²) in [4.78, 5) is 14.8. The van der Waals surface area contributed by atoms with Crippen molar-refractivity contribution in [2.45, 2.75) is 44.6 Å². The van der Waals surface area contributed by atoms with E-state index in [1.165, 1.54) is 19.3 Å². The molecular weight excluding hydrogens is 288 g/mol. The average molecular weight is 316 g/mol. The molecule has 2 N–H and O–H groups in total. The number of hydrogen-bond donors (Lipinski definition) is 1. The number of carbonyl (C=O) groups excluding carboxylic acids is 1. The van der Waals surface area contributed by atoms with Gasteiger partial charge < -0.3 is 15.4 Å². The molecule has 1 saturated carbocycles. The number of carbonyl (C=O) groups is 1. The first kappa shape index (κ1) is 16.5. The zero-order valence-corrected chi connectivity index (χ0v) is 13.9. The lowest BCUT2D eigenvalue weighted by molar-refractivity contribution is -0.142. The Hall–Kier alpha value is -1.39. The van der Waals surface area contributed by atoms with Gasteiger partial charge in [0.15, 0.2) is 0 Å². The molecule has 1 aromatic rings. The van der Waals surface area contributed by atoms with Crippen molar-refractivity contribution in [2.24, 2.45) is 11.1 Å². The van der Waals surface area contributed by atoms with Gasteiger partial charge in [-0.3, -0.25) is 4.79 Å². The van der Waals surface area contributed by atoms with Gasteiger partial charge in [-0.1, -0.05) is 49.6 Å². The van der Waals surface area contributed by atoms with Crippen LogP contribution in [0.25, 0.3) is 0 Å². The van der Waals surface area contributed by atoms with Gasteiger partial charge in [0, 0.05) is 13.0 Å². The van der Waals surface area contributed by atoms with E-state index in [9.17, 15) is 4.79 Å². The Morgan fingerprint density at radius 2 is 1.96 bits per heavy atom.